The molecule has 0 amide bonds. The summed E-state index contributed by atoms with van der Waals surface area (Å²) < 4.78 is 18.6. The number of ether oxygens (including phenoxy) is 1. The second kappa shape index (κ2) is 7.26. The molecular weight excluding hydrogens is 303 g/mol. The van der Waals surface area contributed by atoms with Crippen molar-refractivity contribution in [3.05, 3.63) is 34.1 Å². The summed E-state index contributed by atoms with van der Waals surface area (Å²) in [6.45, 7) is 0. The lowest BCUT2D eigenvalue weighted by atomic mass is 10.0. The maximum Gasteiger partial charge on any atom is 0.305 e. The van der Waals surface area contributed by atoms with Crippen LogP contribution < -0.4 is 0 Å². The van der Waals surface area contributed by atoms with Crippen LogP contribution in [0, 0.1) is 5.82 Å². The Balaban J connectivity index is 2.43. The zero-order chi connectivity index (χ0) is 13.5. The molecular formula is C13H14BrFO3. The monoisotopic (exact) mass is 316 g/mol. The first-order valence-electron chi connectivity index (χ1n) is 5.59. The van der Waals surface area contributed by atoms with Crippen molar-refractivity contribution in [1.29, 1.82) is 0 Å². The summed E-state index contributed by atoms with van der Waals surface area (Å²) in [5.41, 5.74) is 0.0938. The van der Waals surface area contributed by atoms with E-state index in [-0.39, 0.29) is 30.2 Å². The normalized spacial score (nSPS) is 10.2. The fourth-order valence-electron chi connectivity index (χ4n) is 1.51. The topological polar surface area (TPSA) is 43.4 Å². The van der Waals surface area contributed by atoms with Gasteiger partial charge in [0.05, 0.1) is 12.7 Å². The molecule has 0 aliphatic carbocycles. The number of benzene rings is 1. The zero-order valence-electron chi connectivity index (χ0n) is 10.0. The Kier molecular flexibility index (Phi) is 5.98. The minimum absolute atomic E-state index is 0.0938. The van der Waals surface area contributed by atoms with Gasteiger partial charge in [-0.3, -0.25) is 9.59 Å². The summed E-state index contributed by atoms with van der Waals surface area (Å²) in [6, 6.07) is 4.36. The number of ketones is 1. The van der Waals surface area contributed by atoms with Gasteiger partial charge in [0.2, 0.25) is 0 Å². The molecule has 1 rings (SSSR count). The number of rotatable bonds is 6. The smallest absolute Gasteiger partial charge is 0.305 e. The highest BCUT2D eigenvalue weighted by Crippen LogP contribution is 2.17. The van der Waals surface area contributed by atoms with E-state index in [0.29, 0.717) is 17.3 Å². The molecule has 18 heavy (non-hydrogen) atoms. The van der Waals surface area contributed by atoms with Gasteiger partial charge in [0.25, 0.3) is 0 Å². The fraction of sp³-hybridized carbons (Fsp3) is 0.385. The predicted octanol–water partition coefficient (Wildman–Crippen LogP) is 3.50. The van der Waals surface area contributed by atoms with E-state index in [1.807, 2.05) is 0 Å². The van der Waals surface area contributed by atoms with Crippen LogP contribution in [0.3, 0.4) is 0 Å². The Morgan fingerprint density at radius 2 is 1.94 bits per heavy atom. The maximum atomic E-state index is 13.5. The molecule has 0 unspecified atom stereocenters. The van der Waals surface area contributed by atoms with Gasteiger partial charge in [-0.2, -0.15) is 0 Å². The molecule has 0 aliphatic heterocycles. The predicted molar refractivity (Wildman–Crippen MR) is 68.9 cm³/mol. The molecule has 5 heteroatoms. The van der Waals surface area contributed by atoms with Gasteiger partial charge in [-0.05, 0) is 31.0 Å². The molecule has 1 aromatic rings. The number of carbonyl (C=O) groups excluding carboxylic acids is 2. The first-order valence-corrected chi connectivity index (χ1v) is 6.39. The van der Waals surface area contributed by atoms with Crippen LogP contribution in [0.1, 0.15) is 36.0 Å². The highest BCUT2D eigenvalue weighted by molar-refractivity contribution is 9.10. The third kappa shape index (κ3) is 4.56. The Bertz CT molecular complexity index is 446. The number of halogens is 2. The van der Waals surface area contributed by atoms with Gasteiger partial charge in [-0.15, -0.1) is 0 Å². The van der Waals surface area contributed by atoms with Gasteiger partial charge in [0.15, 0.2) is 5.78 Å². The lowest BCUT2D eigenvalue weighted by molar-refractivity contribution is -0.140. The standard InChI is InChI=1S/C13H14BrFO3/c1-18-13(17)5-3-2-4-12(16)10-7-6-9(14)8-11(10)15/h6-8H,2-5H2,1H3. The van der Waals surface area contributed by atoms with Gasteiger partial charge >= 0.3 is 5.97 Å². The van der Waals surface area contributed by atoms with Crippen LogP contribution in [0.5, 0.6) is 0 Å². The third-order valence-corrected chi connectivity index (χ3v) is 2.99. The first-order chi connectivity index (χ1) is 8.54. The number of methoxy groups -OCH3 is 1. The summed E-state index contributed by atoms with van der Waals surface area (Å²) in [6.07, 6.45) is 1.63. The van der Waals surface area contributed by atoms with Gasteiger partial charge in [-0.25, -0.2) is 4.39 Å². The number of esters is 1. The van der Waals surface area contributed by atoms with Crippen molar-refractivity contribution in [2.24, 2.45) is 0 Å². The van der Waals surface area contributed by atoms with Crippen molar-refractivity contribution in [2.75, 3.05) is 7.11 Å². The van der Waals surface area contributed by atoms with E-state index < -0.39 is 5.82 Å². The molecule has 0 heterocycles. The average Bonchev–Trinajstić information content (AvgIpc) is 2.34. The minimum Gasteiger partial charge on any atom is -0.469 e. The molecule has 0 saturated carbocycles. The van der Waals surface area contributed by atoms with E-state index in [2.05, 4.69) is 20.7 Å². The number of Topliss-reactive ketones (excluding diaryl/α,β-unsaturated/α-hetero) is 1. The van der Waals surface area contributed by atoms with E-state index in [4.69, 9.17) is 0 Å². The summed E-state index contributed by atoms with van der Waals surface area (Å²) in [4.78, 5) is 22.6. The molecule has 98 valence electrons. The Hall–Kier alpha value is -1.23. The SMILES string of the molecule is COC(=O)CCCCC(=O)c1ccc(Br)cc1F. The van der Waals surface area contributed by atoms with Crippen LogP contribution in [0.15, 0.2) is 22.7 Å². The molecule has 0 radical (unpaired) electrons. The highest BCUT2D eigenvalue weighted by Gasteiger charge is 2.11. The van der Waals surface area contributed by atoms with Gasteiger partial charge in [-0.1, -0.05) is 15.9 Å². The van der Waals surface area contributed by atoms with E-state index >= 15 is 0 Å². The minimum atomic E-state index is -0.526. The molecule has 0 saturated heterocycles. The molecule has 0 bridgehead atoms. The molecule has 0 fully saturated rings. The van der Waals surface area contributed by atoms with Gasteiger partial charge in [0, 0.05) is 17.3 Å². The fourth-order valence-corrected chi connectivity index (χ4v) is 1.84. The maximum absolute atomic E-state index is 13.5. The molecule has 0 aromatic heterocycles. The number of carbonyl (C=O) groups is 2. The van der Waals surface area contributed by atoms with Crippen LogP contribution in [-0.2, 0) is 9.53 Å². The van der Waals surface area contributed by atoms with Crippen molar-refractivity contribution >= 4 is 27.7 Å². The highest BCUT2D eigenvalue weighted by atomic mass is 79.9. The number of hydrogen-bond acceptors (Lipinski definition) is 3. The van der Waals surface area contributed by atoms with Crippen molar-refractivity contribution in [3.8, 4) is 0 Å². The van der Waals surface area contributed by atoms with Crippen LogP contribution >= 0.6 is 15.9 Å². The van der Waals surface area contributed by atoms with Crippen molar-refractivity contribution in [2.45, 2.75) is 25.7 Å². The second-order valence-corrected chi connectivity index (χ2v) is 4.75. The van der Waals surface area contributed by atoms with Crippen molar-refractivity contribution in [1.82, 2.24) is 0 Å². The third-order valence-electron chi connectivity index (χ3n) is 2.49. The van der Waals surface area contributed by atoms with E-state index in [9.17, 15) is 14.0 Å². The molecule has 0 spiro atoms. The van der Waals surface area contributed by atoms with Gasteiger partial charge in [0.1, 0.15) is 5.82 Å². The van der Waals surface area contributed by atoms with E-state index in [1.165, 1.54) is 19.2 Å². The van der Waals surface area contributed by atoms with Crippen molar-refractivity contribution < 1.29 is 18.7 Å². The zero-order valence-corrected chi connectivity index (χ0v) is 11.6. The lowest BCUT2D eigenvalue weighted by Gasteiger charge is -2.03. The van der Waals surface area contributed by atoms with Gasteiger partial charge < -0.3 is 4.74 Å². The quantitative estimate of drug-likeness (QED) is 0.458. The molecule has 1 aromatic carbocycles. The summed E-state index contributed by atoms with van der Waals surface area (Å²) in [5.74, 6) is -1.07. The number of unbranched alkanes of at least 4 members (excludes halogenated alkanes) is 1. The van der Waals surface area contributed by atoms with Crippen LogP contribution in [0.4, 0.5) is 4.39 Å². The number of hydrogen-bond donors (Lipinski definition) is 0. The largest absolute Gasteiger partial charge is 0.469 e. The molecule has 0 atom stereocenters. The van der Waals surface area contributed by atoms with Crippen LogP contribution in [0.25, 0.3) is 0 Å². The second-order valence-electron chi connectivity index (χ2n) is 3.83. The van der Waals surface area contributed by atoms with E-state index in [1.54, 1.807) is 6.07 Å². The summed E-state index contributed by atoms with van der Waals surface area (Å²) >= 11 is 3.13. The Morgan fingerprint density at radius 3 is 2.56 bits per heavy atom. The van der Waals surface area contributed by atoms with Crippen LogP contribution in [-0.4, -0.2) is 18.9 Å². The van der Waals surface area contributed by atoms with Crippen LogP contribution in [0.2, 0.25) is 0 Å². The summed E-state index contributed by atoms with van der Waals surface area (Å²) in [5, 5.41) is 0. The molecule has 0 aliphatic rings. The van der Waals surface area contributed by atoms with E-state index in [0.717, 1.165) is 0 Å². The lowest BCUT2D eigenvalue weighted by Crippen LogP contribution is -2.04. The Labute approximate surface area is 113 Å². The average molecular weight is 317 g/mol. The summed E-state index contributed by atoms with van der Waals surface area (Å²) in [7, 11) is 1.32. The Morgan fingerprint density at radius 1 is 1.28 bits per heavy atom. The molecule has 0 N–H and O–H groups in total. The first kappa shape index (κ1) is 14.8. The molecule has 3 nitrogen and oxygen atoms in total. The van der Waals surface area contributed by atoms with Crippen molar-refractivity contribution in [3.63, 3.8) is 0 Å².